The highest BCUT2D eigenvalue weighted by molar-refractivity contribution is 4.91. The van der Waals surface area contributed by atoms with Gasteiger partial charge in [0.15, 0.2) is 0 Å². The molecule has 0 bridgehead atoms. The predicted octanol–water partition coefficient (Wildman–Crippen LogP) is 3.06. The van der Waals surface area contributed by atoms with Crippen molar-refractivity contribution in [2.45, 2.75) is 53.5 Å². The lowest BCUT2D eigenvalue weighted by Gasteiger charge is -2.44. The summed E-state index contributed by atoms with van der Waals surface area (Å²) in [5.74, 6) is 1.73. The molecule has 0 amide bonds. The molecule has 0 aliphatic heterocycles. The predicted molar refractivity (Wildman–Crippen MR) is 58.8 cm³/mol. The van der Waals surface area contributed by atoms with Gasteiger partial charge >= 0.3 is 0 Å². The van der Waals surface area contributed by atoms with Crippen molar-refractivity contribution in [2.75, 3.05) is 6.54 Å². The normalized spacial score (nSPS) is 29.1. The standard InChI is InChI=1S/C12H25N/c1-9(2)8-13-11-6-10(7-11)12(3,4)5/h9-11,13H,6-8H2,1-5H3. The van der Waals surface area contributed by atoms with Crippen molar-refractivity contribution in [1.29, 1.82) is 0 Å². The summed E-state index contributed by atoms with van der Waals surface area (Å²) in [7, 11) is 0. The van der Waals surface area contributed by atoms with Crippen LogP contribution in [0.5, 0.6) is 0 Å². The zero-order valence-electron chi connectivity index (χ0n) is 9.85. The molecule has 0 radical (unpaired) electrons. The van der Waals surface area contributed by atoms with Crippen LogP contribution in [-0.4, -0.2) is 12.6 Å². The van der Waals surface area contributed by atoms with Crippen LogP contribution in [-0.2, 0) is 0 Å². The van der Waals surface area contributed by atoms with Crippen LogP contribution in [0.2, 0.25) is 0 Å². The fraction of sp³-hybridized carbons (Fsp3) is 1.00. The van der Waals surface area contributed by atoms with Crippen molar-refractivity contribution in [3.05, 3.63) is 0 Å². The molecule has 1 aliphatic rings. The second-order valence-corrected chi connectivity index (χ2v) is 6.03. The monoisotopic (exact) mass is 183 g/mol. The van der Waals surface area contributed by atoms with Crippen LogP contribution < -0.4 is 5.32 Å². The van der Waals surface area contributed by atoms with Crippen LogP contribution in [0.15, 0.2) is 0 Å². The molecule has 1 N–H and O–H groups in total. The summed E-state index contributed by atoms with van der Waals surface area (Å²) < 4.78 is 0. The minimum absolute atomic E-state index is 0.524. The van der Waals surface area contributed by atoms with Crippen LogP contribution in [0, 0.1) is 17.3 Å². The van der Waals surface area contributed by atoms with Gasteiger partial charge in [0.2, 0.25) is 0 Å². The van der Waals surface area contributed by atoms with Crippen molar-refractivity contribution in [2.24, 2.45) is 17.3 Å². The second kappa shape index (κ2) is 4.00. The van der Waals surface area contributed by atoms with Gasteiger partial charge in [-0.05, 0) is 36.6 Å². The fourth-order valence-corrected chi connectivity index (χ4v) is 1.89. The molecule has 0 atom stereocenters. The molecular weight excluding hydrogens is 158 g/mol. The van der Waals surface area contributed by atoms with Gasteiger partial charge in [-0.15, -0.1) is 0 Å². The summed E-state index contributed by atoms with van der Waals surface area (Å²) in [4.78, 5) is 0. The van der Waals surface area contributed by atoms with Gasteiger partial charge in [-0.1, -0.05) is 34.6 Å². The largest absolute Gasteiger partial charge is 0.314 e. The minimum Gasteiger partial charge on any atom is -0.314 e. The van der Waals surface area contributed by atoms with Crippen LogP contribution >= 0.6 is 0 Å². The van der Waals surface area contributed by atoms with Crippen molar-refractivity contribution in [1.82, 2.24) is 5.32 Å². The van der Waals surface area contributed by atoms with Crippen LogP contribution in [0.25, 0.3) is 0 Å². The van der Waals surface area contributed by atoms with E-state index in [9.17, 15) is 0 Å². The SMILES string of the molecule is CC(C)CNC1CC(C(C)(C)C)C1. The average molecular weight is 183 g/mol. The van der Waals surface area contributed by atoms with Crippen molar-refractivity contribution < 1.29 is 0 Å². The molecule has 1 rings (SSSR count). The molecular formula is C12H25N. The lowest BCUT2D eigenvalue weighted by atomic mass is 9.66. The van der Waals surface area contributed by atoms with Gasteiger partial charge in [0, 0.05) is 6.04 Å². The van der Waals surface area contributed by atoms with Crippen molar-refractivity contribution in [3.8, 4) is 0 Å². The lowest BCUT2D eigenvalue weighted by Crippen LogP contribution is -2.46. The molecule has 0 aromatic rings. The van der Waals surface area contributed by atoms with E-state index in [1.54, 1.807) is 0 Å². The summed E-state index contributed by atoms with van der Waals surface area (Å²) >= 11 is 0. The number of hydrogen-bond donors (Lipinski definition) is 1. The Labute approximate surface area is 83.3 Å². The molecule has 0 aromatic carbocycles. The first-order valence-corrected chi connectivity index (χ1v) is 5.63. The first kappa shape index (κ1) is 11.0. The van der Waals surface area contributed by atoms with Gasteiger partial charge in [-0.3, -0.25) is 0 Å². The third-order valence-electron chi connectivity index (χ3n) is 3.18. The molecule has 13 heavy (non-hydrogen) atoms. The third-order valence-corrected chi connectivity index (χ3v) is 3.18. The van der Waals surface area contributed by atoms with Gasteiger partial charge in [-0.2, -0.15) is 0 Å². The molecule has 1 heteroatoms. The molecule has 1 fully saturated rings. The zero-order valence-corrected chi connectivity index (χ0v) is 9.85. The van der Waals surface area contributed by atoms with Crippen molar-refractivity contribution >= 4 is 0 Å². The third kappa shape index (κ3) is 3.30. The second-order valence-electron chi connectivity index (χ2n) is 6.03. The molecule has 78 valence electrons. The molecule has 0 heterocycles. The maximum atomic E-state index is 3.62. The van der Waals surface area contributed by atoms with Gasteiger partial charge in [0.05, 0.1) is 0 Å². The molecule has 1 aliphatic carbocycles. The molecule has 1 saturated carbocycles. The molecule has 0 aromatic heterocycles. The van der Waals surface area contributed by atoms with Crippen LogP contribution in [0.3, 0.4) is 0 Å². The summed E-state index contributed by atoms with van der Waals surface area (Å²) in [6.07, 6.45) is 2.77. The van der Waals surface area contributed by atoms with E-state index in [-0.39, 0.29) is 0 Å². The fourth-order valence-electron chi connectivity index (χ4n) is 1.89. The summed E-state index contributed by atoms with van der Waals surface area (Å²) in [6.45, 7) is 12.8. The molecule has 0 unspecified atom stereocenters. The number of hydrogen-bond acceptors (Lipinski definition) is 1. The first-order valence-electron chi connectivity index (χ1n) is 5.63. The highest BCUT2D eigenvalue weighted by Crippen LogP contribution is 2.41. The van der Waals surface area contributed by atoms with Gasteiger partial charge in [-0.25, -0.2) is 0 Å². The maximum absolute atomic E-state index is 3.62. The van der Waals surface area contributed by atoms with E-state index >= 15 is 0 Å². The topological polar surface area (TPSA) is 12.0 Å². The van der Waals surface area contributed by atoms with Gasteiger partial charge < -0.3 is 5.32 Å². The summed E-state index contributed by atoms with van der Waals surface area (Å²) in [6, 6.07) is 0.812. The van der Waals surface area contributed by atoms with E-state index < -0.39 is 0 Å². The highest BCUT2D eigenvalue weighted by atomic mass is 14.9. The van der Waals surface area contributed by atoms with Crippen molar-refractivity contribution in [3.63, 3.8) is 0 Å². The van der Waals surface area contributed by atoms with Crippen LogP contribution in [0.4, 0.5) is 0 Å². The van der Waals surface area contributed by atoms with Gasteiger partial charge in [0.1, 0.15) is 0 Å². The van der Waals surface area contributed by atoms with E-state index in [1.807, 2.05) is 0 Å². The average Bonchev–Trinajstić information content (AvgIpc) is 1.79. The van der Waals surface area contributed by atoms with Gasteiger partial charge in [0.25, 0.3) is 0 Å². The Morgan fingerprint density at radius 3 is 2.15 bits per heavy atom. The van der Waals surface area contributed by atoms with E-state index in [0.717, 1.165) is 17.9 Å². The Hall–Kier alpha value is -0.0400. The molecule has 0 spiro atoms. The Morgan fingerprint density at radius 2 is 1.77 bits per heavy atom. The molecule has 1 nitrogen and oxygen atoms in total. The Balaban J connectivity index is 2.12. The maximum Gasteiger partial charge on any atom is 0.00728 e. The highest BCUT2D eigenvalue weighted by Gasteiger charge is 2.36. The smallest absolute Gasteiger partial charge is 0.00728 e. The summed E-state index contributed by atoms with van der Waals surface area (Å²) in [5, 5.41) is 3.62. The quantitative estimate of drug-likeness (QED) is 0.709. The van der Waals surface area contributed by atoms with E-state index in [2.05, 4.69) is 39.9 Å². The first-order chi connectivity index (χ1) is 5.89. The Morgan fingerprint density at radius 1 is 1.23 bits per heavy atom. The minimum atomic E-state index is 0.524. The number of nitrogens with one attached hydrogen (secondary N) is 1. The zero-order chi connectivity index (χ0) is 10.1. The van der Waals surface area contributed by atoms with E-state index in [4.69, 9.17) is 0 Å². The van der Waals surface area contributed by atoms with E-state index in [0.29, 0.717) is 5.41 Å². The molecule has 0 saturated heterocycles. The van der Waals surface area contributed by atoms with Crippen LogP contribution in [0.1, 0.15) is 47.5 Å². The summed E-state index contributed by atoms with van der Waals surface area (Å²) in [5.41, 5.74) is 0.524. The Bertz CT molecular complexity index is 149. The van der Waals surface area contributed by atoms with E-state index in [1.165, 1.54) is 19.4 Å². The lowest BCUT2D eigenvalue weighted by molar-refractivity contribution is 0.0971. The Kier molecular flexibility index (Phi) is 3.39. The number of rotatable bonds is 3.